The van der Waals surface area contributed by atoms with Gasteiger partial charge in [-0.15, -0.1) is 0 Å². The average molecular weight is 313 g/mol. The van der Waals surface area contributed by atoms with E-state index < -0.39 is 5.54 Å². The summed E-state index contributed by atoms with van der Waals surface area (Å²) in [7, 11) is 0. The molecule has 4 heteroatoms. The molecule has 1 fully saturated rings. The van der Waals surface area contributed by atoms with E-state index in [4.69, 9.17) is 18.0 Å². The lowest BCUT2D eigenvalue weighted by Crippen LogP contribution is -2.56. The minimum Gasteiger partial charge on any atom is -0.391 e. The topological polar surface area (TPSA) is 55.1 Å². The first-order valence-electron chi connectivity index (χ1n) is 8.25. The van der Waals surface area contributed by atoms with Crippen molar-refractivity contribution in [2.24, 2.45) is 17.1 Å². The highest BCUT2D eigenvalue weighted by Crippen LogP contribution is 2.29. The lowest BCUT2D eigenvalue weighted by molar-refractivity contribution is -0.123. The summed E-state index contributed by atoms with van der Waals surface area (Å²) in [6, 6.07) is 0. The van der Waals surface area contributed by atoms with Crippen LogP contribution in [0.4, 0.5) is 0 Å². The number of nitrogens with one attached hydrogen (secondary N) is 1. The molecule has 1 unspecified atom stereocenters. The first-order chi connectivity index (χ1) is 9.65. The van der Waals surface area contributed by atoms with Crippen LogP contribution in [0.3, 0.4) is 0 Å². The highest BCUT2D eigenvalue weighted by molar-refractivity contribution is 7.80. The molecule has 3 N–H and O–H groups in total. The molecule has 1 atom stereocenters. The molecule has 0 aromatic carbocycles. The molecule has 1 aliphatic carbocycles. The van der Waals surface area contributed by atoms with Crippen LogP contribution >= 0.6 is 12.2 Å². The minimum atomic E-state index is -0.440. The molecule has 122 valence electrons. The van der Waals surface area contributed by atoms with Crippen molar-refractivity contribution in [3.8, 4) is 0 Å². The summed E-state index contributed by atoms with van der Waals surface area (Å²) in [4.78, 5) is 12.9. The van der Waals surface area contributed by atoms with Crippen molar-refractivity contribution in [2.75, 3.05) is 0 Å². The van der Waals surface area contributed by atoms with Gasteiger partial charge in [-0.05, 0) is 30.6 Å². The van der Waals surface area contributed by atoms with Crippen molar-refractivity contribution in [1.82, 2.24) is 5.32 Å². The van der Waals surface area contributed by atoms with Gasteiger partial charge < -0.3 is 11.1 Å². The quantitative estimate of drug-likeness (QED) is 0.597. The summed E-state index contributed by atoms with van der Waals surface area (Å²) in [5, 5.41) is 3.18. The SMILES string of the molecule is CC(CC(=O)NC1(C(N)=S)CCCCCC1)CC(C)(C)C. The smallest absolute Gasteiger partial charge is 0.221 e. The zero-order chi connectivity index (χ0) is 16.1. The van der Waals surface area contributed by atoms with Crippen molar-refractivity contribution in [3.63, 3.8) is 0 Å². The fraction of sp³-hybridized carbons (Fsp3) is 0.882. The van der Waals surface area contributed by atoms with Gasteiger partial charge in [0.2, 0.25) is 5.91 Å². The Balaban J connectivity index is 2.62. The van der Waals surface area contributed by atoms with Gasteiger partial charge in [0.15, 0.2) is 0 Å². The molecule has 1 saturated carbocycles. The van der Waals surface area contributed by atoms with Crippen LogP contribution in [-0.4, -0.2) is 16.4 Å². The molecule has 0 heterocycles. The maximum atomic E-state index is 12.4. The number of carbonyl (C=O) groups is 1. The summed E-state index contributed by atoms with van der Waals surface area (Å²) in [5.41, 5.74) is 5.78. The van der Waals surface area contributed by atoms with Crippen LogP contribution in [0, 0.1) is 11.3 Å². The Morgan fingerprint density at radius 3 is 2.19 bits per heavy atom. The third-order valence-corrected chi connectivity index (χ3v) is 4.69. The molecule has 1 amide bonds. The second-order valence-corrected chi connectivity index (χ2v) is 8.42. The van der Waals surface area contributed by atoms with E-state index in [1.807, 2.05) is 0 Å². The van der Waals surface area contributed by atoms with E-state index in [9.17, 15) is 4.79 Å². The van der Waals surface area contributed by atoms with Gasteiger partial charge in [0.05, 0.1) is 10.5 Å². The predicted molar refractivity (Wildman–Crippen MR) is 93.2 cm³/mol. The molecule has 0 aromatic heterocycles. The number of thiocarbonyl (C=S) groups is 1. The van der Waals surface area contributed by atoms with Crippen molar-refractivity contribution in [1.29, 1.82) is 0 Å². The largest absolute Gasteiger partial charge is 0.391 e. The third-order valence-electron chi connectivity index (χ3n) is 4.30. The molecular weight excluding hydrogens is 280 g/mol. The predicted octanol–water partition coefficient (Wildman–Crippen LogP) is 3.94. The Labute approximate surface area is 135 Å². The molecule has 0 saturated heterocycles. The van der Waals surface area contributed by atoms with Crippen LogP contribution in [0.25, 0.3) is 0 Å². The molecule has 3 nitrogen and oxygen atoms in total. The van der Waals surface area contributed by atoms with Gasteiger partial charge in [0.25, 0.3) is 0 Å². The molecule has 21 heavy (non-hydrogen) atoms. The van der Waals surface area contributed by atoms with Crippen LogP contribution in [0.2, 0.25) is 0 Å². The van der Waals surface area contributed by atoms with Crippen molar-refractivity contribution in [3.05, 3.63) is 0 Å². The molecule has 0 bridgehead atoms. The summed E-state index contributed by atoms with van der Waals surface area (Å²) < 4.78 is 0. The maximum absolute atomic E-state index is 12.4. The van der Waals surface area contributed by atoms with E-state index in [0.717, 1.165) is 32.1 Å². The molecule has 0 spiro atoms. The van der Waals surface area contributed by atoms with Crippen LogP contribution < -0.4 is 11.1 Å². The van der Waals surface area contributed by atoms with Crippen molar-refractivity contribution >= 4 is 23.1 Å². The Morgan fingerprint density at radius 2 is 1.76 bits per heavy atom. The van der Waals surface area contributed by atoms with E-state index in [1.54, 1.807) is 0 Å². The van der Waals surface area contributed by atoms with E-state index >= 15 is 0 Å². The third kappa shape index (κ3) is 6.33. The molecule has 0 aromatic rings. The second-order valence-electron chi connectivity index (χ2n) is 7.98. The standard InChI is InChI=1S/C17H32N2OS/c1-13(12-16(2,3)4)11-14(20)19-17(15(18)21)9-7-5-6-8-10-17/h13H,5-12H2,1-4H3,(H2,18,21)(H,19,20). The first-order valence-corrected chi connectivity index (χ1v) is 8.66. The highest BCUT2D eigenvalue weighted by atomic mass is 32.1. The molecule has 0 aliphatic heterocycles. The summed E-state index contributed by atoms with van der Waals surface area (Å²) in [6.45, 7) is 8.78. The molecule has 0 radical (unpaired) electrons. The molecule has 1 aliphatic rings. The van der Waals surface area contributed by atoms with Crippen molar-refractivity contribution < 1.29 is 4.79 Å². The van der Waals surface area contributed by atoms with E-state index in [-0.39, 0.29) is 11.3 Å². The number of amides is 1. The molecular formula is C17H32N2OS. The first kappa shape index (κ1) is 18.4. The maximum Gasteiger partial charge on any atom is 0.221 e. The van der Waals surface area contributed by atoms with Crippen LogP contribution in [-0.2, 0) is 4.79 Å². The zero-order valence-electron chi connectivity index (χ0n) is 14.1. The van der Waals surface area contributed by atoms with Gasteiger partial charge in [0, 0.05) is 6.42 Å². The van der Waals surface area contributed by atoms with Gasteiger partial charge in [-0.3, -0.25) is 4.79 Å². The van der Waals surface area contributed by atoms with Gasteiger partial charge in [-0.2, -0.15) is 0 Å². The Morgan fingerprint density at radius 1 is 1.24 bits per heavy atom. The Hall–Kier alpha value is -0.640. The Bertz CT molecular complexity index is 365. The normalized spacial score (nSPS) is 20.4. The fourth-order valence-electron chi connectivity index (χ4n) is 3.52. The van der Waals surface area contributed by atoms with Crippen LogP contribution in [0.5, 0.6) is 0 Å². The van der Waals surface area contributed by atoms with E-state index in [2.05, 4.69) is 33.0 Å². The number of nitrogens with two attached hydrogens (primary N) is 1. The van der Waals surface area contributed by atoms with Crippen LogP contribution in [0.1, 0.15) is 79.1 Å². The number of carbonyl (C=O) groups excluding carboxylic acids is 1. The van der Waals surface area contributed by atoms with Gasteiger partial charge in [-0.1, -0.05) is 65.6 Å². The number of hydrogen-bond acceptors (Lipinski definition) is 2. The second kappa shape index (κ2) is 7.57. The van der Waals surface area contributed by atoms with Gasteiger partial charge >= 0.3 is 0 Å². The highest BCUT2D eigenvalue weighted by Gasteiger charge is 2.35. The van der Waals surface area contributed by atoms with E-state index in [1.165, 1.54) is 12.8 Å². The summed E-state index contributed by atoms with van der Waals surface area (Å²) >= 11 is 5.27. The van der Waals surface area contributed by atoms with Crippen molar-refractivity contribution in [2.45, 2.75) is 84.6 Å². The average Bonchev–Trinajstić information content (AvgIpc) is 2.52. The summed E-state index contributed by atoms with van der Waals surface area (Å²) in [5.74, 6) is 0.473. The fourth-order valence-corrected chi connectivity index (χ4v) is 3.77. The Kier molecular flexibility index (Phi) is 6.64. The van der Waals surface area contributed by atoms with Gasteiger partial charge in [-0.25, -0.2) is 0 Å². The lowest BCUT2D eigenvalue weighted by Gasteiger charge is -2.33. The monoisotopic (exact) mass is 312 g/mol. The number of rotatable bonds is 5. The molecule has 1 rings (SSSR count). The zero-order valence-corrected chi connectivity index (χ0v) is 14.9. The van der Waals surface area contributed by atoms with E-state index in [0.29, 0.717) is 17.3 Å². The number of hydrogen-bond donors (Lipinski definition) is 2. The lowest BCUT2D eigenvalue weighted by atomic mass is 9.83. The van der Waals surface area contributed by atoms with Gasteiger partial charge in [0.1, 0.15) is 0 Å². The minimum absolute atomic E-state index is 0.0986. The summed E-state index contributed by atoms with van der Waals surface area (Å²) in [6.07, 6.45) is 7.98. The van der Waals surface area contributed by atoms with Crippen LogP contribution in [0.15, 0.2) is 0 Å².